The van der Waals surface area contributed by atoms with Crippen LogP contribution in [0, 0.1) is 12.8 Å². The van der Waals surface area contributed by atoms with Crippen molar-refractivity contribution in [1.82, 2.24) is 15.3 Å². The van der Waals surface area contributed by atoms with Gasteiger partial charge in [-0.05, 0) is 20.8 Å². The molecule has 1 amide bonds. The lowest BCUT2D eigenvalue weighted by atomic mass is 9.99. The molecule has 0 aliphatic carbocycles. The minimum atomic E-state index is 0.0831. The highest BCUT2D eigenvalue weighted by Crippen LogP contribution is 2.22. The molecule has 0 aromatic carbocycles. The molecule has 1 aliphatic rings. The zero-order valence-electron chi connectivity index (χ0n) is 10.5. The zero-order valence-corrected chi connectivity index (χ0v) is 10.5. The number of nitrogens with one attached hydrogen (secondary N) is 1. The van der Waals surface area contributed by atoms with E-state index >= 15 is 0 Å². The summed E-state index contributed by atoms with van der Waals surface area (Å²) < 4.78 is 0. The van der Waals surface area contributed by atoms with Crippen molar-refractivity contribution in [2.45, 2.75) is 26.8 Å². The first-order valence-electron chi connectivity index (χ1n) is 5.90. The average molecular weight is 234 g/mol. The van der Waals surface area contributed by atoms with Gasteiger partial charge >= 0.3 is 0 Å². The normalized spacial score (nSPS) is 15.9. The molecule has 0 spiro atoms. The minimum absolute atomic E-state index is 0.0831. The Balaban J connectivity index is 1.88. The summed E-state index contributed by atoms with van der Waals surface area (Å²) in [5.74, 6) is 1.08. The number of amides is 1. The summed E-state index contributed by atoms with van der Waals surface area (Å²) in [5.41, 5.74) is 0.901. The van der Waals surface area contributed by atoms with Gasteiger partial charge in [0.05, 0.1) is 17.8 Å². The Kier molecular flexibility index (Phi) is 3.26. The number of rotatable bonds is 3. The SMILES string of the molecule is Cc1cncc(N2CC(C(=O)NC(C)C)C2)n1. The molecule has 0 unspecified atom stereocenters. The van der Waals surface area contributed by atoms with E-state index < -0.39 is 0 Å². The number of carbonyl (C=O) groups is 1. The van der Waals surface area contributed by atoms with Gasteiger partial charge in [0.15, 0.2) is 0 Å². The fraction of sp³-hybridized carbons (Fsp3) is 0.583. The van der Waals surface area contributed by atoms with Crippen molar-refractivity contribution in [3.8, 4) is 0 Å². The molecule has 2 heterocycles. The van der Waals surface area contributed by atoms with Crippen LogP contribution in [-0.4, -0.2) is 35.0 Å². The van der Waals surface area contributed by atoms with Gasteiger partial charge in [0.1, 0.15) is 5.82 Å². The van der Waals surface area contributed by atoms with Crippen molar-refractivity contribution in [1.29, 1.82) is 0 Å². The van der Waals surface area contributed by atoms with Crippen molar-refractivity contribution in [3.05, 3.63) is 18.1 Å². The van der Waals surface area contributed by atoms with E-state index in [1.165, 1.54) is 0 Å². The molecule has 1 N–H and O–H groups in total. The highest BCUT2D eigenvalue weighted by Gasteiger charge is 2.33. The second kappa shape index (κ2) is 4.69. The summed E-state index contributed by atoms with van der Waals surface area (Å²) in [6.07, 6.45) is 3.47. The molecule has 17 heavy (non-hydrogen) atoms. The summed E-state index contributed by atoms with van der Waals surface area (Å²) in [7, 11) is 0. The molecule has 5 heteroatoms. The third kappa shape index (κ3) is 2.72. The first kappa shape index (κ1) is 11.8. The van der Waals surface area contributed by atoms with Crippen LogP contribution >= 0.6 is 0 Å². The predicted molar refractivity (Wildman–Crippen MR) is 65.8 cm³/mol. The summed E-state index contributed by atoms with van der Waals surface area (Å²) in [6.45, 7) is 7.33. The smallest absolute Gasteiger partial charge is 0.226 e. The zero-order chi connectivity index (χ0) is 12.4. The lowest BCUT2D eigenvalue weighted by Gasteiger charge is -2.39. The van der Waals surface area contributed by atoms with Crippen molar-refractivity contribution in [3.63, 3.8) is 0 Å². The van der Waals surface area contributed by atoms with Crippen LogP contribution in [0.15, 0.2) is 12.4 Å². The standard InChI is InChI=1S/C12H18N4O/c1-8(2)14-12(17)10-6-16(7-10)11-5-13-4-9(3)15-11/h4-5,8,10H,6-7H2,1-3H3,(H,14,17). The van der Waals surface area contributed by atoms with E-state index in [0.717, 1.165) is 24.6 Å². The topological polar surface area (TPSA) is 58.1 Å². The lowest BCUT2D eigenvalue weighted by molar-refractivity contribution is -0.126. The number of hydrogen-bond donors (Lipinski definition) is 1. The fourth-order valence-corrected chi connectivity index (χ4v) is 1.84. The quantitative estimate of drug-likeness (QED) is 0.838. The van der Waals surface area contributed by atoms with Gasteiger partial charge in [0, 0.05) is 25.3 Å². The highest BCUT2D eigenvalue weighted by molar-refractivity contribution is 5.81. The third-order valence-corrected chi connectivity index (χ3v) is 2.75. The Morgan fingerprint density at radius 1 is 1.47 bits per heavy atom. The average Bonchev–Trinajstić information content (AvgIpc) is 2.13. The molecule has 1 aromatic rings. The second-order valence-corrected chi connectivity index (χ2v) is 4.78. The fourth-order valence-electron chi connectivity index (χ4n) is 1.84. The van der Waals surface area contributed by atoms with E-state index in [2.05, 4.69) is 20.2 Å². The molecular formula is C12H18N4O. The summed E-state index contributed by atoms with van der Waals surface area (Å²) in [5, 5.41) is 2.93. The molecule has 0 saturated carbocycles. The van der Waals surface area contributed by atoms with Gasteiger partial charge in [0.2, 0.25) is 5.91 Å². The molecule has 1 aromatic heterocycles. The molecule has 0 bridgehead atoms. The number of aromatic nitrogens is 2. The second-order valence-electron chi connectivity index (χ2n) is 4.78. The van der Waals surface area contributed by atoms with Crippen LogP contribution in [0.25, 0.3) is 0 Å². The Labute approximate surface area is 101 Å². The van der Waals surface area contributed by atoms with Gasteiger partial charge in [-0.1, -0.05) is 0 Å². The lowest BCUT2D eigenvalue weighted by Crippen LogP contribution is -2.55. The number of anilines is 1. The van der Waals surface area contributed by atoms with E-state index in [4.69, 9.17) is 0 Å². The number of nitrogens with zero attached hydrogens (tertiary/aromatic N) is 3. The predicted octanol–water partition coefficient (Wildman–Crippen LogP) is 0.746. The molecule has 0 radical (unpaired) electrons. The van der Waals surface area contributed by atoms with Crippen LogP contribution in [0.2, 0.25) is 0 Å². The van der Waals surface area contributed by atoms with Crippen LogP contribution in [0.5, 0.6) is 0 Å². The Morgan fingerprint density at radius 3 is 2.76 bits per heavy atom. The van der Waals surface area contributed by atoms with Crippen LogP contribution < -0.4 is 10.2 Å². The van der Waals surface area contributed by atoms with Gasteiger partial charge in [-0.15, -0.1) is 0 Å². The van der Waals surface area contributed by atoms with E-state index in [1.54, 1.807) is 12.4 Å². The maximum atomic E-state index is 11.7. The van der Waals surface area contributed by atoms with E-state index in [1.807, 2.05) is 20.8 Å². The highest BCUT2D eigenvalue weighted by atomic mass is 16.2. The van der Waals surface area contributed by atoms with Crippen LogP contribution in [-0.2, 0) is 4.79 Å². The van der Waals surface area contributed by atoms with Gasteiger partial charge < -0.3 is 10.2 Å². The van der Waals surface area contributed by atoms with Crippen LogP contribution in [0.3, 0.4) is 0 Å². The maximum Gasteiger partial charge on any atom is 0.226 e. The molecule has 1 fully saturated rings. The number of hydrogen-bond acceptors (Lipinski definition) is 4. The van der Waals surface area contributed by atoms with Gasteiger partial charge in [-0.3, -0.25) is 9.78 Å². The maximum absolute atomic E-state index is 11.7. The summed E-state index contributed by atoms with van der Waals surface area (Å²) in [6, 6.07) is 0.204. The van der Waals surface area contributed by atoms with Gasteiger partial charge in [-0.2, -0.15) is 0 Å². The summed E-state index contributed by atoms with van der Waals surface area (Å²) >= 11 is 0. The molecule has 1 aliphatic heterocycles. The Bertz CT molecular complexity index is 413. The largest absolute Gasteiger partial charge is 0.354 e. The van der Waals surface area contributed by atoms with Gasteiger partial charge in [0.25, 0.3) is 0 Å². The van der Waals surface area contributed by atoms with Crippen molar-refractivity contribution in [2.75, 3.05) is 18.0 Å². The Hall–Kier alpha value is -1.65. The molecule has 2 rings (SSSR count). The first-order valence-corrected chi connectivity index (χ1v) is 5.90. The molecule has 0 atom stereocenters. The van der Waals surface area contributed by atoms with Crippen molar-refractivity contribution in [2.24, 2.45) is 5.92 Å². The molecule has 92 valence electrons. The van der Waals surface area contributed by atoms with Crippen molar-refractivity contribution < 1.29 is 4.79 Å². The van der Waals surface area contributed by atoms with E-state index in [0.29, 0.717) is 0 Å². The minimum Gasteiger partial charge on any atom is -0.354 e. The van der Waals surface area contributed by atoms with Crippen LogP contribution in [0.1, 0.15) is 19.5 Å². The van der Waals surface area contributed by atoms with E-state index in [9.17, 15) is 4.79 Å². The first-order chi connectivity index (χ1) is 8.06. The summed E-state index contributed by atoms with van der Waals surface area (Å²) in [4.78, 5) is 22.3. The molecule has 1 saturated heterocycles. The van der Waals surface area contributed by atoms with Crippen molar-refractivity contribution >= 4 is 11.7 Å². The Morgan fingerprint density at radius 2 is 2.18 bits per heavy atom. The van der Waals surface area contributed by atoms with E-state index in [-0.39, 0.29) is 17.9 Å². The number of aryl methyl sites for hydroxylation is 1. The monoisotopic (exact) mass is 234 g/mol. The third-order valence-electron chi connectivity index (χ3n) is 2.75. The molecular weight excluding hydrogens is 216 g/mol. The van der Waals surface area contributed by atoms with Crippen LogP contribution in [0.4, 0.5) is 5.82 Å². The molecule has 5 nitrogen and oxygen atoms in total. The van der Waals surface area contributed by atoms with Gasteiger partial charge in [-0.25, -0.2) is 4.98 Å². The number of carbonyl (C=O) groups excluding carboxylic acids is 1.